The molecule has 0 radical (unpaired) electrons. The lowest BCUT2D eigenvalue weighted by molar-refractivity contribution is -0.133. The second-order valence-corrected chi connectivity index (χ2v) is 9.26. The standard InChI is InChI=1S/C26H31N5O5/c1-26(19-5-3-2-4-6-19)24(33)31(25(34)28-26)18-23(32)27-21-8-7-20(29-9-13-35-14-10-29)17-22(21)30-11-15-36-16-12-30/h2-8,17H,9-16,18H2,1H3,(H,27,32)(H,28,34). The molecule has 36 heavy (non-hydrogen) atoms. The average Bonchev–Trinajstić information content (AvgIpc) is 3.14. The minimum Gasteiger partial charge on any atom is -0.378 e. The SMILES string of the molecule is CC1(c2ccccc2)NC(=O)N(CC(=O)Nc2ccc(N3CCOCC3)cc2N2CCOCC2)C1=O. The summed E-state index contributed by atoms with van der Waals surface area (Å²) in [7, 11) is 0. The number of hydrogen-bond acceptors (Lipinski definition) is 7. The number of amides is 4. The summed E-state index contributed by atoms with van der Waals surface area (Å²) in [5.74, 6) is -0.894. The minimum atomic E-state index is -1.21. The molecule has 190 valence electrons. The molecule has 4 amide bonds. The molecular formula is C26H31N5O5. The summed E-state index contributed by atoms with van der Waals surface area (Å²) in [6, 6.07) is 14.4. The highest BCUT2D eigenvalue weighted by atomic mass is 16.5. The molecule has 0 aliphatic carbocycles. The number of morpholine rings is 2. The van der Waals surface area contributed by atoms with Crippen molar-refractivity contribution in [1.82, 2.24) is 10.2 Å². The van der Waals surface area contributed by atoms with Gasteiger partial charge in [0, 0.05) is 31.9 Å². The number of anilines is 3. The van der Waals surface area contributed by atoms with Crippen molar-refractivity contribution in [2.45, 2.75) is 12.5 Å². The Labute approximate surface area is 210 Å². The Morgan fingerprint density at radius 2 is 1.58 bits per heavy atom. The van der Waals surface area contributed by atoms with Gasteiger partial charge in [-0.3, -0.25) is 14.5 Å². The Balaban J connectivity index is 1.33. The van der Waals surface area contributed by atoms with E-state index in [0.29, 0.717) is 50.8 Å². The van der Waals surface area contributed by atoms with Crippen LogP contribution in [0.4, 0.5) is 21.9 Å². The van der Waals surface area contributed by atoms with Crippen molar-refractivity contribution < 1.29 is 23.9 Å². The fraction of sp³-hybridized carbons (Fsp3) is 0.423. The van der Waals surface area contributed by atoms with E-state index in [1.54, 1.807) is 19.1 Å². The zero-order chi connectivity index (χ0) is 25.1. The van der Waals surface area contributed by atoms with Crippen molar-refractivity contribution in [2.75, 3.05) is 74.3 Å². The number of nitrogens with zero attached hydrogens (tertiary/aromatic N) is 3. The highest BCUT2D eigenvalue weighted by molar-refractivity contribution is 6.10. The van der Waals surface area contributed by atoms with Crippen molar-refractivity contribution in [2.24, 2.45) is 0 Å². The van der Waals surface area contributed by atoms with Gasteiger partial charge in [-0.2, -0.15) is 0 Å². The largest absolute Gasteiger partial charge is 0.378 e. The summed E-state index contributed by atoms with van der Waals surface area (Å²) < 4.78 is 11.0. The molecule has 3 fully saturated rings. The van der Waals surface area contributed by atoms with Crippen molar-refractivity contribution in [3.8, 4) is 0 Å². The smallest absolute Gasteiger partial charge is 0.325 e. The van der Waals surface area contributed by atoms with E-state index in [4.69, 9.17) is 9.47 Å². The van der Waals surface area contributed by atoms with Gasteiger partial charge in [0.05, 0.1) is 37.8 Å². The van der Waals surface area contributed by atoms with Crippen molar-refractivity contribution in [1.29, 1.82) is 0 Å². The average molecular weight is 494 g/mol. The van der Waals surface area contributed by atoms with Crippen LogP contribution in [0, 0.1) is 0 Å². The van der Waals surface area contributed by atoms with E-state index in [1.807, 2.05) is 30.3 Å². The molecule has 10 nitrogen and oxygen atoms in total. The van der Waals surface area contributed by atoms with Crippen LogP contribution in [0.3, 0.4) is 0 Å². The lowest BCUT2D eigenvalue weighted by Crippen LogP contribution is -2.42. The molecule has 2 N–H and O–H groups in total. The predicted octanol–water partition coefficient (Wildman–Crippen LogP) is 1.77. The Morgan fingerprint density at radius 3 is 2.25 bits per heavy atom. The van der Waals surface area contributed by atoms with Crippen LogP contribution in [-0.4, -0.2) is 81.9 Å². The summed E-state index contributed by atoms with van der Waals surface area (Å²) in [6.45, 7) is 6.88. The number of urea groups is 1. The van der Waals surface area contributed by atoms with Crippen LogP contribution in [0.1, 0.15) is 12.5 Å². The lowest BCUT2D eigenvalue weighted by Gasteiger charge is -2.33. The maximum absolute atomic E-state index is 13.2. The number of imide groups is 1. The first kappa shape index (κ1) is 24.1. The zero-order valence-electron chi connectivity index (χ0n) is 20.4. The third-order valence-electron chi connectivity index (χ3n) is 6.91. The molecular weight excluding hydrogens is 462 g/mol. The van der Waals surface area contributed by atoms with E-state index in [-0.39, 0.29) is 6.54 Å². The molecule has 0 spiro atoms. The number of nitrogens with one attached hydrogen (secondary N) is 2. The molecule has 5 rings (SSSR count). The molecule has 3 aliphatic rings. The Morgan fingerprint density at radius 1 is 0.944 bits per heavy atom. The maximum atomic E-state index is 13.2. The monoisotopic (exact) mass is 493 g/mol. The quantitative estimate of drug-likeness (QED) is 0.591. The summed E-state index contributed by atoms with van der Waals surface area (Å²) in [5.41, 5.74) is 2.04. The van der Waals surface area contributed by atoms with Gasteiger partial charge in [0.1, 0.15) is 12.1 Å². The molecule has 2 aromatic carbocycles. The normalized spacial score (nSPS) is 22.5. The molecule has 0 aromatic heterocycles. The van der Waals surface area contributed by atoms with Gasteiger partial charge < -0.3 is 29.9 Å². The Bertz CT molecular complexity index is 1130. The maximum Gasteiger partial charge on any atom is 0.325 e. The number of rotatable bonds is 6. The zero-order valence-corrected chi connectivity index (χ0v) is 20.4. The summed E-state index contributed by atoms with van der Waals surface area (Å²) in [5, 5.41) is 5.68. The second-order valence-electron chi connectivity index (χ2n) is 9.26. The molecule has 3 aliphatic heterocycles. The lowest BCUT2D eigenvalue weighted by atomic mass is 9.92. The number of hydrogen-bond donors (Lipinski definition) is 2. The number of carbonyl (C=O) groups excluding carboxylic acids is 3. The topological polar surface area (TPSA) is 103 Å². The van der Waals surface area contributed by atoms with Crippen LogP contribution < -0.4 is 20.4 Å². The molecule has 1 atom stereocenters. The molecule has 10 heteroatoms. The van der Waals surface area contributed by atoms with Gasteiger partial charge in [0.15, 0.2) is 0 Å². The van der Waals surface area contributed by atoms with Crippen LogP contribution >= 0.6 is 0 Å². The fourth-order valence-corrected chi connectivity index (χ4v) is 4.85. The summed E-state index contributed by atoms with van der Waals surface area (Å²) >= 11 is 0. The van der Waals surface area contributed by atoms with E-state index >= 15 is 0 Å². The highest BCUT2D eigenvalue weighted by Crippen LogP contribution is 2.33. The molecule has 3 heterocycles. The van der Waals surface area contributed by atoms with Gasteiger partial charge in [-0.1, -0.05) is 30.3 Å². The van der Waals surface area contributed by atoms with Crippen molar-refractivity contribution >= 4 is 34.9 Å². The van der Waals surface area contributed by atoms with E-state index in [1.165, 1.54) is 0 Å². The Hall–Kier alpha value is -3.63. The van der Waals surface area contributed by atoms with Crippen molar-refractivity contribution in [3.05, 3.63) is 54.1 Å². The molecule has 3 saturated heterocycles. The predicted molar refractivity (Wildman–Crippen MR) is 135 cm³/mol. The van der Waals surface area contributed by atoms with Gasteiger partial charge in [-0.05, 0) is 30.7 Å². The number of ether oxygens (including phenoxy) is 2. The first-order chi connectivity index (χ1) is 17.5. The molecule has 0 saturated carbocycles. The Kier molecular flexibility index (Phi) is 6.80. The van der Waals surface area contributed by atoms with Crippen LogP contribution in [0.15, 0.2) is 48.5 Å². The highest BCUT2D eigenvalue weighted by Gasteiger charge is 2.49. The first-order valence-electron chi connectivity index (χ1n) is 12.2. The minimum absolute atomic E-state index is 0.374. The van der Waals surface area contributed by atoms with E-state index < -0.39 is 23.4 Å². The molecule has 1 unspecified atom stereocenters. The van der Waals surface area contributed by atoms with Crippen LogP contribution in [0.2, 0.25) is 0 Å². The van der Waals surface area contributed by atoms with Gasteiger partial charge in [0.2, 0.25) is 5.91 Å². The van der Waals surface area contributed by atoms with Gasteiger partial charge in [-0.15, -0.1) is 0 Å². The van der Waals surface area contributed by atoms with E-state index in [2.05, 4.69) is 26.5 Å². The van der Waals surface area contributed by atoms with Crippen LogP contribution in [0.5, 0.6) is 0 Å². The summed E-state index contributed by atoms with van der Waals surface area (Å²) in [6.07, 6.45) is 0. The molecule has 0 bridgehead atoms. The van der Waals surface area contributed by atoms with Crippen LogP contribution in [0.25, 0.3) is 0 Å². The fourth-order valence-electron chi connectivity index (χ4n) is 4.85. The summed E-state index contributed by atoms with van der Waals surface area (Å²) in [4.78, 5) is 44.3. The third kappa shape index (κ3) is 4.74. The number of benzene rings is 2. The van der Waals surface area contributed by atoms with Gasteiger partial charge in [0.25, 0.3) is 5.91 Å². The van der Waals surface area contributed by atoms with Crippen LogP contribution in [-0.2, 0) is 24.6 Å². The van der Waals surface area contributed by atoms with E-state index in [0.717, 1.165) is 29.4 Å². The van der Waals surface area contributed by atoms with E-state index in [9.17, 15) is 14.4 Å². The second kappa shape index (κ2) is 10.2. The van der Waals surface area contributed by atoms with Crippen molar-refractivity contribution in [3.63, 3.8) is 0 Å². The molecule has 2 aromatic rings. The first-order valence-corrected chi connectivity index (χ1v) is 12.2. The number of carbonyl (C=O) groups is 3. The third-order valence-corrected chi connectivity index (χ3v) is 6.91. The van der Waals surface area contributed by atoms with Gasteiger partial charge >= 0.3 is 6.03 Å². The van der Waals surface area contributed by atoms with Gasteiger partial charge in [-0.25, -0.2) is 4.79 Å².